The second-order valence-electron chi connectivity index (χ2n) is 14.3. The van der Waals surface area contributed by atoms with Gasteiger partial charge in [-0.1, -0.05) is 26.3 Å². The third-order valence-electron chi connectivity index (χ3n) is 12.7. The van der Waals surface area contributed by atoms with Crippen LogP contribution >= 0.6 is 0 Å². The van der Waals surface area contributed by atoms with Gasteiger partial charge in [0, 0.05) is 35.1 Å². The van der Waals surface area contributed by atoms with Gasteiger partial charge in [-0.05, 0) is 56.9 Å². The fourth-order valence-corrected chi connectivity index (χ4v) is 11.4. The average Bonchev–Trinajstić information content (AvgIpc) is 3.45. The largest absolute Gasteiger partial charge is 0.465 e. The van der Waals surface area contributed by atoms with Crippen LogP contribution in [0.4, 0.5) is 0 Å². The number of carbonyl (C=O) groups is 4. The monoisotopic (exact) mass is 523 g/mol. The summed E-state index contributed by atoms with van der Waals surface area (Å²) in [5, 5.41) is 0. The van der Waals surface area contributed by atoms with Crippen molar-refractivity contribution in [2.75, 3.05) is 19.8 Å². The molecule has 8 rings (SSSR count). The van der Waals surface area contributed by atoms with Crippen LogP contribution in [0.3, 0.4) is 0 Å². The molecule has 204 valence electrons. The van der Waals surface area contributed by atoms with Gasteiger partial charge in [0.2, 0.25) is 0 Å². The molecule has 38 heavy (non-hydrogen) atoms. The van der Waals surface area contributed by atoms with Crippen LogP contribution in [0.2, 0.25) is 0 Å². The second-order valence-corrected chi connectivity index (χ2v) is 14.3. The summed E-state index contributed by atoms with van der Waals surface area (Å²) in [4.78, 5) is 58.6. The van der Waals surface area contributed by atoms with Gasteiger partial charge in [-0.25, -0.2) is 4.90 Å². The Bertz CT molecular complexity index is 1260. The van der Waals surface area contributed by atoms with E-state index >= 15 is 4.79 Å². The fourth-order valence-electron chi connectivity index (χ4n) is 11.4. The Labute approximate surface area is 222 Å². The topological polar surface area (TPSA) is 99.2 Å². The van der Waals surface area contributed by atoms with Crippen LogP contribution in [0.5, 0.6) is 0 Å². The van der Waals surface area contributed by atoms with Gasteiger partial charge >= 0.3 is 5.97 Å². The molecule has 0 aromatic carbocycles. The van der Waals surface area contributed by atoms with Gasteiger partial charge in [-0.3, -0.25) is 19.2 Å². The summed E-state index contributed by atoms with van der Waals surface area (Å²) in [6.07, 6.45) is 5.50. The number of hydrogen-bond donors (Lipinski definition) is 0. The van der Waals surface area contributed by atoms with Crippen molar-refractivity contribution in [1.82, 2.24) is 4.90 Å². The lowest BCUT2D eigenvalue weighted by Gasteiger charge is -2.70. The summed E-state index contributed by atoms with van der Waals surface area (Å²) in [6, 6.07) is 0. The Hall–Kier alpha value is -1.90. The molecule has 11 unspecified atom stereocenters. The zero-order valence-electron chi connectivity index (χ0n) is 22.7. The molecule has 5 saturated heterocycles. The summed E-state index contributed by atoms with van der Waals surface area (Å²) in [6.45, 7) is 8.96. The highest BCUT2D eigenvalue weighted by atomic mass is 16.6. The first-order chi connectivity index (χ1) is 18.0. The number of Topliss-reactive ketones (excluding diaryl/α,β-unsaturated/α-hetero) is 2. The molecule has 11 atom stereocenters. The molecule has 0 amide bonds. The maximum atomic E-state index is 15.4. The lowest BCUT2D eigenvalue weighted by molar-refractivity contribution is -0.313. The van der Waals surface area contributed by atoms with Crippen LogP contribution in [-0.4, -0.2) is 65.5 Å². The number of hydrogen-bond acceptors (Lipinski definition) is 8. The molecule has 0 N–H and O–H groups in total. The molecule has 4 bridgehead atoms. The number of cyclic esters (lactones) is 1. The molecule has 8 nitrogen and oxygen atoms in total. The molecule has 8 aliphatic rings. The number of nitrogens with zero attached hydrogens (tertiary/aromatic N) is 1. The minimum absolute atomic E-state index is 0.0285. The van der Waals surface area contributed by atoms with Crippen LogP contribution in [0.15, 0.2) is 11.6 Å². The van der Waals surface area contributed by atoms with Gasteiger partial charge < -0.3 is 14.2 Å². The summed E-state index contributed by atoms with van der Waals surface area (Å²) < 4.78 is 19.4. The second kappa shape index (κ2) is 6.87. The number of piperidine rings is 1. The molecule has 5 aliphatic heterocycles. The SMILES string of the molecule is CC1=CC(=O)C2C(C)C(=O)C3C4(COC5(C4=O)N4CC6CC(C)CC4(CCC5(C)C34COC(=O)C4)O6)C2C1. The van der Waals surface area contributed by atoms with Crippen molar-refractivity contribution in [1.29, 1.82) is 0 Å². The van der Waals surface area contributed by atoms with E-state index in [-0.39, 0.29) is 55.0 Å². The Morgan fingerprint density at radius 1 is 1.08 bits per heavy atom. The Morgan fingerprint density at radius 2 is 1.87 bits per heavy atom. The zero-order chi connectivity index (χ0) is 26.6. The van der Waals surface area contributed by atoms with Crippen molar-refractivity contribution in [2.45, 2.75) is 83.8 Å². The predicted octanol–water partition coefficient (Wildman–Crippen LogP) is 2.83. The van der Waals surface area contributed by atoms with Gasteiger partial charge in [0.1, 0.15) is 11.5 Å². The van der Waals surface area contributed by atoms with E-state index in [0.717, 1.165) is 24.8 Å². The molecular weight excluding hydrogens is 486 g/mol. The van der Waals surface area contributed by atoms with E-state index < -0.39 is 45.4 Å². The standard InChI is InChI=1S/C30H37NO7/c1-15-8-19-22(20(32)9-15)17(3)23(34)24-27(11-21(33)36-13-27)26(4)5-6-28-10-16(2)7-18(38-28)12-31(28)30(26)25(35)29(19,24)14-37-30/h9,16-19,22,24H,5-8,10-14H2,1-4H3. The number of allylic oxidation sites excluding steroid dienone is 2. The number of ketones is 3. The molecule has 4 spiro atoms. The lowest BCUT2D eigenvalue weighted by atomic mass is 9.34. The number of ether oxygens (including phenoxy) is 3. The quantitative estimate of drug-likeness (QED) is 0.447. The highest BCUT2D eigenvalue weighted by Crippen LogP contribution is 2.78. The van der Waals surface area contributed by atoms with Crippen LogP contribution in [0.25, 0.3) is 0 Å². The molecule has 2 saturated carbocycles. The van der Waals surface area contributed by atoms with Crippen molar-refractivity contribution in [3.63, 3.8) is 0 Å². The van der Waals surface area contributed by atoms with E-state index in [0.29, 0.717) is 25.3 Å². The summed E-state index contributed by atoms with van der Waals surface area (Å²) in [5.74, 6) is -2.11. The van der Waals surface area contributed by atoms with E-state index in [4.69, 9.17) is 14.2 Å². The van der Waals surface area contributed by atoms with Gasteiger partial charge in [0.15, 0.2) is 17.3 Å². The average molecular weight is 524 g/mol. The Balaban J connectivity index is 1.40. The van der Waals surface area contributed by atoms with Gasteiger partial charge in [-0.15, -0.1) is 0 Å². The summed E-state index contributed by atoms with van der Waals surface area (Å²) in [7, 11) is 0. The molecule has 0 radical (unpaired) electrons. The molecule has 3 aliphatic carbocycles. The normalized spacial score (nSPS) is 56.8. The predicted molar refractivity (Wildman–Crippen MR) is 132 cm³/mol. The number of esters is 1. The molecule has 7 fully saturated rings. The van der Waals surface area contributed by atoms with E-state index in [2.05, 4.69) is 18.7 Å². The van der Waals surface area contributed by atoms with Crippen molar-refractivity contribution in [2.24, 2.45) is 45.8 Å². The van der Waals surface area contributed by atoms with Crippen LogP contribution in [0.1, 0.15) is 66.2 Å². The number of rotatable bonds is 0. The maximum absolute atomic E-state index is 15.4. The van der Waals surface area contributed by atoms with Crippen LogP contribution < -0.4 is 0 Å². The summed E-state index contributed by atoms with van der Waals surface area (Å²) >= 11 is 0. The van der Waals surface area contributed by atoms with Crippen LogP contribution in [-0.2, 0) is 33.4 Å². The molecule has 0 aromatic heterocycles. The van der Waals surface area contributed by atoms with E-state index in [9.17, 15) is 14.4 Å². The van der Waals surface area contributed by atoms with Crippen molar-refractivity contribution in [3.05, 3.63) is 11.6 Å². The van der Waals surface area contributed by atoms with Gasteiger partial charge in [0.05, 0.1) is 31.2 Å². The van der Waals surface area contributed by atoms with E-state index in [1.807, 2.05) is 13.8 Å². The first-order valence-electron chi connectivity index (χ1n) is 14.5. The maximum Gasteiger partial charge on any atom is 0.306 e. The van der Waals surface area contributed by atoms with Crippen molar-refractivity contribution >= 4 is 23.3 Å². The first kappa shape index (κ1) is 23.9. The number of carbonyl (C=O) groups excluding carboxylic acids is 4. The van der Waals surface area contributed by atoms with Crippen molar-refractivity contribution < 1.29 is 33.4 Å². The van der Waals surface area contributed by atoms with Gasteiger partial charge in [-0.2, -0.15) is 0 Å². The summed E-state index contributed by atoms with van der Waals surface area (Å²) in [5.41, 5.74) is -3.78. The smallest absolute Gasteiger partial charge is 0.306 e. The van der Waals surface area contributed by atoms with Gasteiger partial charge in [0.25, 0.3) is 0 Å². The third-order valence-corrected chi connectivity index (χ3v) is 12.7. The number of fused-ring (bicyclic) bond motifs is 4. The minimum atomic E-state index is -1.31. The Morgan fingerprint density at radius 3 is 2.61 bits per heavy atom. The van der Waals surface area contributed by atoms with E-state index in [1.54, 1.807) is 6.08 Å². The zero-order valence-corrected chi connectivity index (χ0v) is 22.7. The highest BCUT2D eigenvalue weighted by Gasteiger charge is 2.89. The molecule has 8 heteroatoms. The van der Waals surface area contributed by atoms with E-state index in [1.165, 1.54) is 0 Å². The Kier molecular flexibility index (Phi) is 4.33. The minimum Gasteiger partial charge on any atom is -0.465 e. The molecular formula is C30H37NO7. The lowest BCUT2D eigenvalue weighted by Crippen LogP contribution is -2.82. The molecule has 5 heterocycles. The fraction of sp³-hybridized carbons (Fsp3) is 0.800. The third kappa shape index (κ3) is 2.24. The highest BCUT2D eigenvalue weighted by molar-refractivity contribution is 6.08. The van der Waals surface area contributed by atoms with Crippen molar-refractivity contribution in [3.8, 4) is 0 Å². The molecule has 0 aromatic rings. The first-order valence-corrected chi connectivity index (χ1v) is 14.5. The van der Waals surface area contributed by atoms with Crippen LogP contribution in [0, 0.1) is 45.8 Å².